The first kappa shape index (κ1) is 12.2. The van der Waals surface area contributed by atoms with Crippen molar-refractivity contribution >= 4 is 23.2 Å². The minimum Gasteiger partial charge on any atom is -0.353 e. The predicted molar refractivity (Wildman–Crippen MR) is 75.7 cm³/mol. The first-order valence-electron chi connectivity index (χ1n) is 6.21. The zero-order valence-corrected chi connectivity index (χ0v) is 11.2. The van der Waals surface area contributed by atoms with E-state index in [9.17, 15) is 0 Å². The van der Waals surface area contributed by atoms with Gasteiger partial charge in [-0.15, -0.1) is 0 Å². The van der Waals surface area contributed by atoms with E-state index in [-0.39, 0.29) is 0 Å². The number of nitrogens with zero attached hydrogens (tertiary/aromatic N) is 5. The number of hydrogen-bond donors (Lipinski definition) is 0. The number of anilines is 2. The number of aromatic nitrogens is 3. The van der Waals surface area contributed by atoms with Crippen molar-refractivity contribution < 1.29 is 0 Å². The van der Waals surface area contributed by atoms with Crippen LogP contribution in [-0.2, 0) is 0 Å². The lowest BCUT2D eigenvalue weighted by atomic mass is 10.3. The van der Waals surface area contributed by atoms with Crippen LogP contribution < -0.4 is 9.80 Å². The molecule has 1 saturated heterocycles. The third-order valence-electron chi connectivity index (χ3n) is 3.17. The van der Waals surface area contributed by atoms with E-state index in [1.54, 1.807) is 12.4 Å². The van der Waals surface area contributed by atoms with Crippen LogP contribution in [0.2, 0.25) is 5.15 Å². The maximum atomic E-state index is 5.87. The molecule has 0 saturated carbocycles. The van der Waals surface area contributed by atoms with Gasteiger partial charge in [-0.05, 0) is 12.1 Å². The molecule has 19 heavy (non-hydrogen) atoms. The average molecular weight is 276 g/mol. The Morgan fingerprint density at radius 2 is 1.68 bits per heavy atom. The summed E-state index contributed by atoms with van der Waals surface area (Å²) in [6.45, 7) is 3.63. The van der Waals surface area contributed by atoms with Gasteiger partial charge in [0.2, 0.25) is 0 Å². The molecule has 3 heterocycles. The van der Waals surface area contributed by atoms with E-state index in [1.807, 2.05) is 24.4 Å². The highest BCUT2D eigenvalue weighted by Crippen LogP contribution is 2.17. The van der Waals surface area contributed by atoms with Gasteiger partial charge in [-0.25, -0.2) is 9.97 Å². The van der Waals surface area contributed by atoms with Crippen LogP contribution in [0.3, 0.4) is 0 Å². The van der Waals surface area contributed by atoms with Gasteiger partial charge in [0.25, 0.3) is 0 Å². The van der Waals surface area contributed by atoms with Crippen molar-refractivity contribution in [1.29, 1.82) is 0 Å². The quantitative estimate of drug-likeness (QED) is 0.837. The Hall–Kier alpha value is -1.88. The lowest BCUT2D eigenvalue weighted by molar-refractivity contribution is 0.640. The summed E-state index contributed by atoms with van der Waals surface area (Å²) in [6, 6.07) is 5.98. The second-order valence-corrected chi connectivity index (χ2v) is 4.75. The summed E-state index contributed by atoms with van der Waals surface area (Å²) in [5, 5.41) is 0.435. The van der Waals surface area contributed by atoms with E-state index in [2.05, 4.69) is 24.8 Å². The molecule has 0 bridgehead atoms. The standard InChI is InChI=1S/C13H14ClN5/c14-11-9-15-10-13(17-11)19-7-5-18(6-8-19)12-3-1-2-4-16-12/h1-4,9-10H,5-8H2. The SMILES string of the molecule is Clc1cncc(N2CCN(c3ccccn3)CC2)n1. The molecule has 0 unspecified atom stereocenters. The molecule has 3 rings (SSSR count). The zero-order chi connectivity index (χ0) is 13.1. The summed E-state index contributed by atoms with van der Waals surface area (Å²) in [4.78, 5) is 17.2. The summed E-state index contributed by atoms with van der Waals surface area (Å²) < 4.78 is 0. The fourth-order valence-electron chi connectivity index (χ4n) is 2.19. The van der Waals surface area contributed by atoms with Gasteiger partial charge in [0.15, 0.2) is 0 Å². The smallest absolute Gasteiger partial charge is 0.149 e. The third kappa shape index (κ3) is 2.76. The first-order valence-corrected chi connectivity index (χ1v) is 6.59. The Morgan fingerprint density at radius 3 is 2.32 bits per heavy atom. The fourth-order valence-corrected chi connectivity index (χ4v) is 2.33. The van der Waals surface area contributed by atoms with Crippen LogP contribution in [-0.4, -0.2) is 41.1 Å². The molecule has 0 aromatic carbocycles. The minimum atomic E-state index is 0.435. The highest BCUT2D eigenvalue weighted by molar-refractivity contribution is 6.29. The maximum absolute atomic E-state index is 5.87. The fraction of sp³-hybridized carbons (Fsp3) is 0.308. The van der Waals surface area contributed by atoms with Crippen molar-refractivity contribution in [2.45, 2.75) is 0 Å². The molecule has 1 fully saturated rings. The zero-order valence-electron chi connectivity index (χ0n) is 10.4. The van der Waals surface area contributed by atoms with Crippen LogP contribution in [0, 0.1) is 0 Å². The molecule has 0 amide bonds. The molecule has 0 N–H and O–H groups in total. The molecule has 1 aliphatic heterocycles. The molecule has 2 aromatic rings. The molecular formula is C13H14ClN5. The van der Waals surface area contributed by atoms with Crippen LogP contribution in [0.25, 0.3) is 0 Å². The van der Waals surface area contributed by atoms with Crippen LogP contribution >= 0.6 is 11.6 Å². The molecule has 2 aromatic heterocycles. The van der Waals surface area contributed by atoms with Crippen LogP contribution in [0.15, 0.2) is 36.8 Å². The van der Waals surface area contributed by atoms with Gasteiger partial charge < -0.3 is 9.80 Å². The minimum absolute atomic E-state index is 0.435. The van der Waals surface area contributed by atoms with Gasteiger partial charge >= 0.3 is 0 Å². The largest absolute Gasteiger partial charge is 0.353 e. The van der Waals surface area contributed by atoms with Crippen LogP contribution in [0.5, 0.6) is 0 Å². The van der Waals surface area contributed by atoms with Crippen molar-refractivity contribution in [2.75, 3.05) is 36.0 Å². The van der Waals surface area contributed by atoms with E-state index >= 15 is 0 Å². The van der Waals surface area contributed by atoms with Crippen molar-refractivity contribution in [3.63, 3.8) is 0 Å². The molecule has 1 aliphatic rings. The van der Waals surface area contributed by atoms with E-state index in [4.69, 9.17) is 11.6 Å². The van der Waals surface area contributed by atoms with Gasteiger partial charge in [-0.2, -0.15) is 0 Å². The van der Waals surface area contributed by atoms with E-state index in [1.165, 1.54) is 0 Å². The number of hydrogen-bond acceptors (Lipinski definition) is 5. The second kappa shape index (κ2) is 5.40. The number of rotatable bonds is 2. The van der Waals surface area contributed by atoms with Crippen molar-refractivity contribution in [3.8, 4) is 0 Å². The summed E-state index contributed by atoms with van der Waals surface area (Å²) >= 11 is 5.87. The number of halogens is 1. The second-order valence-electron chi connectivity index (χ2n) is 4.36. The van der Waals surface area contributed by atoms with Gasteiger partial charge in [-0.3, -0.25) is 4.98 Å². The Bertz CT molecular complexity index is 540. The summed E-state index contributed by atoms with van der Waals surface area (Å²) in [6.07, 6.45) is 5.13. The summed E-state index contributed by atoms with van der Waals surface area (Å²) in [7, 11) is 0. The van der Waals surface area contributed by atoms with Gasteiger partial charge in [-0.1, -0.05) is 17.7 Å². The van der Waals surface area contributed by atoms with Crippen LogP contribution in [0.4, 0.5) is 11.6 Å². The van der Waals surface area contributed by atoms with E-state index < -0.39 is 0 Å². The highest BCUT2D eigenvalue weighted by Gasteiger charge is 2.19. The average Bonchev–Trinajstić information content (AvgIpc) is 2.48. The Labute approximate surface area is 116 Å². The van der Waals surface area contributed by atoms with Crippen LogP contribution in [0.1, 0.15) is 0 Å². The molecule has 0 spiro atoms. The first-order chi connectivity index (χ1) is 9.33. The van der Waals surface area contributed by atoms with Crippen molar-refractivity contribution in [2.24, 2.45) is 0 Å². The lowest BCUT2D eigenvalue weighted by Crippen LogP contribution is -2.47. The Balaban J connectivity index is 1.67. The normalized spacial score (nSPS) is 15.6. The van der Waals surface area contributed by atoms with Crippen molar-refractivity contribution in [3.05, 3.63) is 41.9 Å². The Morgan fingerprint density at radius 1 is 0.947 bits per heavy atom. The molecule has 98 valence electrons. The highest BCUT2D eigenvalue weighted by atomic mass is 35.5. The van der Waals surface area contributed by atoms with Gasteiger partial charge in [0.1, 0.15) is 16.8 Å². The molecule has 0 aliphatic carbocycles. The number of pyridine rings is 1. The summed E-state index contributed by atoms with van der Waals surface area (Å²) in [5.74, 6) is 1.87. The molecule has 6 heteroatoms. The summed E-state index contributed by atoms with van der Waals surface area (Å²) in [5.41, 5.74) is 0. The lowest BCUT2D eigenvalue weighted by Gasteiger charge is -2.35. The predicted octanol–water partition coefficient (Wildman–Crippen LogP) is 1.85. The Kier molecular flexibility index (Phi) is 3.46. The van der Waals surface area contributed by atoms with E-state index in [0.717, 1.165) is 37.8 Å². The number of piperazine rings is 1. The topological polar surface area (TPSA) is 45.2 Å². The van der Waals surface area contributed by atoms with Gasteiger partial charge in [0, 0.05) is 32.4 Å². The third-order valence-corrected chi connectivity index (χ3v) is 3.35. The van der Waals surface area contributed by atoms with Crippen molar-refractivity contribution in [1.82, 2.24) is 15.0 Å². The molecule has 5 nitrogen and oxygen atoms in total. The monoisotopic (exact) mass is 275 g/mol. The maximum Gasteiger partial charge on any atom is 0.149 e. The molecule has 0 atom stereocenters. The van der Waals surface area contributed by atoms with E-state index in [0.29, 0.717) is 5.15 Å². The molecule has 0 radical (unpaired) electrons. The van der Waals surface area contributed by atoms with Gasteiger partial charge in [0.05, 0.1) is 12.4 Å². The molecular weight excluding hydrogens is 262 g/mol.